The lowest BCUT2D eigenvalue weighted by atomic mass is 10.1. The fraction of sp³-hybridized carbons (Fsp3) is 0.240. The van der Waals surface area contributed by atoms with E-state index in [9.17, 15) is 14.4 Å². The first-order valence-electron chi connectivity index (χ1n) is 11.4. The van der Waals surface area contributed by atoms with Gasteiger partial charge in [0.25, 0.3) is 5.91 Å². The number of hydrogen-bond donors (Lipinski definition) is 6. The molecular weight excluding hydrogens is 460 g/mol. The van der Waals surface area contributed by atoms with Crippen LogP contribution < -0.4 is 32.7 Å². The highest BCUT2D eigenvalue weighted by atomic mass is 16.2. The number of nitrogens with two attached hydrogens (primary N) is 2. The van der Waals surface area contributed by atoms with Crippen molar-refractivity contribution in [3.05, 3.63) is 65.9 Å². The maximum atomic E-state index is 13.1. The fourth-order valence-corrected chi connectivity index (χ4v) is 3.00. The van der Waals surface area contributed by atoms with Crippen LogP contribution in [0.1, 0.15) is 47.9 Å². The molecule has 2 aromatic carbocycles. The lowest BCUT2D eigenvalue weighted by Crippen LogP contribution is -2.45. The second-order valence-electron chi connectivity index (χ2n) is 8.66. The van der Waals surface area contributed by atoms with Gasteiger partial charge in [0.1, 0.15) is 11.4 Å². The number of hydrogen-bond acceptors (Lipinski definition) is 8. The number of benzene rings is 2. The van der Waals surface area contributed by atoms with Crippen LogP contribution in [0.25, 0.3) is 0 Å². The molecule has 0 unspecified atom stereocenters. The van der Waals surface area contributed by atoms with Gasteiger partial charge in [0.05, 0.1) is 5.54 Å². The molecule has 0 spiro atoms. The predicted octanol–water partition coefficient (Wildman–Crippen LogP) is 3.07. The first-order chi connectivity index (χ1) is 17.1. The summed E-state index contributed by atoms with van der Waals surface area (Å²) in [6.07, 6.45) is 2.24. The Balaban J connectivity index is 1.78. The van der Waals surface area contributed by atoms with Crippen LogP contribution in [0.5, 0.6) is 0 Å². The van der Waals surface area contributed by atoms with Crippen LogP contribution in [0, 0.1) is 0 Å². The number of primary amides is 1. The highest BCUT2D eigenvalue weighted by Crippen LogP contribution is 2.21. The molecule has 188 valence electrons. The molecular formula is C25H30N8O3. The Morgan fingerprint density at radius 2 is 1.64 bits per heavy atom. The molecule has 11 nitrogen and oxygen atoms in total. The van der Waals surface area contributed by atoms with E-state index >= 15 is 0 Å². The van der Waals surface area contributed by atoms with Gasteiger partial charge in [0.2, 0.25) is 17.8 Å². The highest BCUT2D eigenvalue weighted by molar-refractivity contribution is 6.08. The molecule has 3 amide bonds. The fourth-order valence-electron chi connectivity index (χ4n) is 3.00. The van der Waals surface area contributed by atoms with E-state index < -0.39 is 17.4 Å². The molecule has 0 fully saturated rings. The van der Waals surface area contributed by atoms with E-state index in [2.05, 4.69) is 31.2 Å². The summed E-state index contributed by atoms with van der Waals surface area (Å²) in [6.45, 7) is 5.80. The van der Waals surface area contributed by atoms with Crippen LogP contribution in [0.4, 0.5) is 28.8 Å². The van der Waals surface area contributed by atoms with Gasteiger partial charge in [0, 0.05) is 35.4 Å². The molecule has 1 heterocycles. The highest BCUT2D eigenvalue weighted by Gasteiger charge is 2.22. The van der Waals surface area contributed by atoms with E-state index in [0.29, 0.717) is 35.0 Å². The zero-order valence-electron chi connectivity index (χ0n) is 20.4. The van der Waals surface area contributed by atoms with Gasteiger partial charge in [0.15, 0.2) is 0 Å². The minimum absolute atomic E-state index is 0.246. The summed E-state index contributed by atoms with van der Waals surface area (Å²) < 4.78 is 0. The van der Waals surface area contributed by atoms with Gasteiger partial charge in [-0.2, -0.15) is 4.98 Å². The first kappa shape index (κ1) is 26.1. The van der Waals surface area contributed by atoms with E-state index in [4.69, 9.17) is 11.5 Å². The summed E-state index contributed by atoms with van der Waals surface area (Å²) in [7, 11) is 0. The molecule has 0 radical (unpaired) electrons. The Labute approximate surface area is 209 Å². The van der Waals surface area contributed by atoms with E-state index in [0.717, 1.165) is 6.42 Å². The number of carbonyl (C=O) groups excluding carboxylic acids is 3. The largest absolute Gasteiger partial charge is 0.369 e. The average Bonchev–Trinajstić information content (AvgIpc) is 2.82. The number of nitrogens with one attached hydrogen (secondary N) is 4. The molecule has 0 saturated heterocycles. The maximum absolute atomic E-state index is 13.1. The number of rotatable bonds is 10. The molecule has 8 N–H and O–H groups in total. The lowest BCUT2D eigenvalue weighted by molar-refractivity contribution is -0.120. The standard InChI is InChI=1S/C25H30N8O3/c1-4-12-28-21-19(14-29-24(33-21)32-16-10-8-15(9-11-16)20(26)34)22(35)30-17-6-5-7-18(13-17)31-23(36)25(2,3)27/h5-11,13-14H,4,12,27H2,1-3H3,(H2,26,34)(H,30,35)(H,31,36)(H2,28,29,32,33). The number of amides is 3. The van der Waals surface area contributed by atoms with Crippen molar-refractivity contribution in [2.75, 3.05) is 27.8 Å². The number of carbonyl (C=O) groups is 3. The Hall–Kier alpha value is -4.51. The van der Waals surface area contributed by atoms with E-state index in [1.165, 1.54) is 6.20 Å². The van der Waals surface area contributed by atoms with Crippen LogP contribution in [0.2, 0.25) is 0 Å². The van der Waals surface area contributed by atoms with Crippen LogP contribution in [-0.4, -0.2) is 39.8 Å². The van der Waals surface area contributed by atoms with Crippen molar-refractivity contribution in [2.45, 2.75) is 32.7 Å². The molecule has 36 heavy (non-hydrogen) atoms. The summed E-state index contributed by atoms with van der Waals surface area (Å²) in [5, 5.41) is 11.7. The zero-order chi connectivity index (χ0) is 26.3. The molecule has 3 aromatic rings. The smallest absolute Gasteiger partial charge is 0.260 e. The second kappa shape index (κ2) is 11.3. The Morgan fingerprint density at radius 1 is 0.972 bits per heavy atom. The van der Waals surface area contributed by atoms with Gasteiger partial charge in [-0.25, -0.2) is 4.98 Å². The van der Waals surface area contributed by atoms with E-state index in [1.54, 1.807) is 62.4 Å². The van der Waals surface area contributed by atoms with Crippen molar-refractivity contribution >= 4 is 46.5 Å². The Kier molecular flexibility index (Phi) is 8.18. The second-order valence-corrected chi connectivity index (χ2v) is 8.66. The third kappa shape index (κ3) is 7.00. The van der Waals surface area contributed by atoms with Crippen molar-refractivity contribution < 1.29 is 14.4 Å². The molecule has 0 aliphatic heterocycles. The first-order valence-corrected chi connectivity index (χ1v) is 11.4. The molecule has 1 aromatic heterocycles. The van der Waals surface area contributed by atoms with Gasteiger partial charge in [-0.15, -0.1) is 0 Å². The normalized spacial score (nSPS) is 10.9. The van der Waals surface area contributed by atoms with Crippen LogP contribution >= 0.6 is 0 Å². The quantitative estimate of drug-likeness (QED) is 0.251. The minimum Gasteiger partial charge on any atom is -0.369 e. The minimum atomic E-state index is -1.05. The number of nitrogens with zero attached hydrogens (tertiary/aromatic N) is 2. The summed E-state index contributed by atoms with van der Waals surface area (Å²) in [6, 6.07) is 13.3. The predicted molar refractivity (Wildman–Crippen MR) is 140 cm³/mol. The maximum Gasteiger partial charge on any atom is 0.260 e. The molecule has 0 aliphatic rings. The van der Waals surface area contributed by atoms with Gasteiger partial charge >= 0.3 is 0 Å². The van der Waals surface area contributed by atoms with Crippen molar-refractivity contribution in [3.63, 3.8) is 0 Å². The molecule has 11 heteroatoms. The van der Waals surface area contributed by atoms with Gasteiger partial charge in [-0.05, 0) is 62.7 Å². The molecule has 0 bridgehead atoms. The summed E-state index contributed by atoms with van der Waals surface area (Å²) >= 11 is 0. The van der Waals surface area contributed by atoms with Crippen LogP contribution in [-0.2, 0) is 4.79 Å². The average molecular weight is 491 g/mol. The van der Waals surface area contributed by atoms with E-state index in [-0.39, 0.29) is 17.4 Å². The topological polar surface area (TPSA) is 177 Å². The van der Waals surface area contributed by atoms with Crippen molar-refractivity contribution in [2.24, 2.45) is 11.5 Å². The van der Waals surface area contributed by atoms with Crippen molar-refractivity contribution in [1.29, 1.82) is 0 Å². The molecule has 3 rings (SSSR count). The van der Waals surface area contributed by atoms with E-state index in [1.807, 2.05) is 6.92 Å². The number of anilines is 5. The summed E-state index contributed by atoms with van der Waals surface area (Å²) in [5.41, 5.74) is 12.3. The zero-order valence-corrected chi connectivity index (χ0v) is 20.4. The molecule has 0 atom stereocenters. The summed E-state index contributed by atoms with van der Waals surface area (Å²) in [4.78, 5) is 45.2. The summed E-state index contributed by atoms with van der Waals surface area (Å²) in [5.74, 6) is -0.664. The lowest BCUT2D eigenvalue weighted by Gasteiger charge is -2.18. The van der Waals surface area contributed by atoms with Crippen molar-refractivity contribution in [1.82, 2.24) is 9.97 Å². The van der Waals surface area contributed by atoms with Crippen LogP contribution in [0.15, 0.2) is 54.7 Å². The van der Waals surface area contributed by atoms with Crippen LogP contribution in [0.3, 0.4) is 0 Å². The van der Waals surface area contributed by atoms with Gasteiger partial charge < -0.3 is 32.7 Å². The SMILES string of the molecule is CCCNc1nc(Nc2ccc(C(N)=O)cc2)ncc1C(=O)Nc1cccc(NC(=O)C(C)(C)N)c1. The molecule has 0 saturated carbocycles. The van der Waals surface area contributed by atoms with Gasteiger partial charge in [-0.3, -0.25) is 14.4 Å². The Bertz CT molecular complexity index is 1250. The third-order valence-electron chi connectivity index (χ3n) is 4.96. The van der Waals surface area contributed by atoms with Crippen molar-refractivity contribution in [3.8, 4) is 0 Å². The van der Waals surface area contributed by atoms with Gasteiger partial charge in [-0.1, -0.05) is 13.0 Å². The monoisotopic (exact) mass is 490 g/mol. The number of aromatic nitrogens is 2. The third-order valence-corrected chi connectivity index (χ3v) is 4.96. The molecule has 0 aliphatic carbocycles. The Morgan fingerprint density at radius 3 is 2.25 bits per heavy atom.